The maximum atomic E-state index is 12.3. The second-order valence-corrected chi connectivity index (χ2v) is 5.57. The number of aryl methyl sites for hydroxylation is 1. The van der Waals surface area contributed by atoms with E-state index in [1.807, 2.05) is 31.2 Å². The van der Waals surface area contributed by atoms with Crippen LogP contribution in [0.15, 0.2) is 41.0 Å². The third kappa shape index (κ3) is 3.36. The van der Waals surface area contributed by atoms with E-state index < -0.39 is 0 Å². The van der Waals surface area contributed by atoms with Gasteiger partial charge in [-0.05, 0) is 37.6 Å². The molecule has 1 atom stereocenters. The zero-order chi connectivity index (χ0) is 14.7. The molecule has 1 amide bonds. The first-order chi connectivity index (χ1) is 9.47. The molecule has 0 saturated carbocycles. The summed E-state index contributed by atoms with van der Waals surface area (Å²) in [5.41, 5.74) is 8.36. The number of pyridine rings is 1. The standard InChI is InChI=1S/C15H16BrN3O/c1-9(11-4-3-5-12(16)6-11)19-15(20)14-7-13(17)8-18-10(14)2/h3-9H,17H2,1-2H3,(H,19,20). The predicted octanol–water partition coefficient (Wildman–Crippen LogP) is 3.23. The van der Waals surface area contributed by atoms with Crippen LogP contribution in [-0.4, -0.2) is 10.9 Å². The Hall–Kier alpha value is -1.88. The van der Waals surface area contributed by atoms with Crippen molar-refractivity contribution in [3.8, 4) is 0 Å². The Morgan fingerprint density at radius 1 is 1.40 bits per heavy atom. The highest BCUT2D eigenvalue weighted by atomic mass is 79.9. The van der Waals surface area contributed by atoms with Crippen molar-refractivity contribution >= 4 is 27.5 Å². The minimum Gasteiger partial charge on any atom is -0.397 e. The van der Waals surface area contributed by atoms with Crippen LogP contribution in [0.25, 0.3) is 0 Å². The number of hydrogen-bond acceptors (Lipinski definition) is 3. The van der Waals surface area contributed by atoms with E-state index in [4.69, 9.17) is 5.73 Å². The molecule has 104 valence electrons. The van der Waals surface area contributed by atoms with Gasteiger partial charge in [0.25, 0.3) is 5.91 Å². The molecule has 2 aromatic rings. The molecule has 0 aliphatic heterocycles. The van der Waals surface area contributed by atoms with E-state index in [1.165, 1.54) is 0 Å². The van der Waals surface area contributed by atoms with Crippen molar-refractivity contribution in [1.29, 1.82) is 0 Å². The SMILES string of the molecule is Cc1ncc(N)cc1C(=O)NC(C)c1cccc(Br)c1. The van der Waals surface area contributed by atoms with Gasteiger partial charge in [-0.25, -0.2) is 0 Å². The van der Waals surface area contributed by atoms with Crippen LogP contribution in [-0.2, 0) is 0 Å². The number of hydrogen-bond donors (Lipinski definition) is 2. The number of nitrogens with two attached hydrogens (primary N) is 1. The van der Waals surface area contributed by atoms with E-state index in [1.54, 1.807) is 19.2 Å². The van der Waals surface area contributed by atoms with Gasteiger partial charge in [0.05, 0.1) is 29.2 Å². The van der Waals surface area contributed by atoms with Gasteiger partial charge in [-0.3, -0.25) is 9.78 Å². The normalized spacial score (nSPS) is 11.9. The number of rotatable bonds is 3. The van der Waals surface area contributed by atoms with Crippen LogP contribution in [0.2, 0.25) is 0 Å². The third-order valence-corrected chi connectivity index (χ3v) is 3.54. The zero-order valence-electron chi connectivity index (χ0n) is 11.4. The monoisotopic (exact) mass is 333 g/mol. The number of amides is 1. The number of anilines is 1. The second kappa shape index (κ2) is 6.05. The van der Waals surface area contributed by atoms with Gasteiger partial charge >= 0.3 is 0 Å². The number of aromatic nitrogens is 1. The molecule has 0 aliphatic carbocycles. The maximum absolute atomic E-state index is 12.3. The van der Waals surface area contributed by atoms with Crippen molar-refractivity contribution in [1.82, 2.24) is 10.3 Å². The molecule has 1 aromatic heterocycles. The van der Waals surface area contributed by atoms with Gasteiger partial charge < -0.3 is 11.1 Å². The van der Waals surface area contributed by atoms with Crippen LogP contribution in [0, 0.1) is 6.92 Å². The van der Waals surface area contributed by atoms with Crippen LogP contribution in [0.1, 0.15) is 34.6 Å². The van der Waals surface area contributed by atoms with Crippen LogP contribution in [0.3, 0.4) is 0 Å². The number of carbonyl (C=O) groups excluding carboxylic acids is 1. The summed E-state index contributed by atoms with van der Waals surface area (Å²) in [4.78, 5) is 16.4. The molecule has 0 radical (unpaired) electrons. The van der Waals surface area contributed by atoms with E-state index >= 15 is 0 Å². The number of benzene rings is 1. The molecule has 0 spiro atoms. The molecule has 0 aliphatic rings. The van der Waals surface area contributed by atoms with Crippen LogP contribution >= 0.6 is 15.9 Å². The van der Waals surface area contributed by atoms with Crippen molar-refractivity contribution in [3.05, 3.63) is 57.8 Å². The summed E-state index contributed by atoms with van der Waals surface area (Å²) >= 11 is 3.42. The lowest BCUT2D eigenvalue weighted by Crippen LogP contribution is -2.27. The molecule has 20 heavy (non-hydrogen) atoms. The second-order valence-electron chi connectivity index (χ2n) is 4.65. The molecule has 5 heteroatoms. The average Bonchev–Trinajstić information content (AvgIpc) is 2.41. The van der Waals surface area contributed by atoms with Gasteiger partial charge in [0.1, 0.15) is 0 Å². The van der Waals surface area contributed by atoms with E-state index in [0.29, 0.717) is 16.9 Å². The number of nitrogens with zero attached hydrogens (tertiary/aromatic N) is 1. The number of carbonyl (C=O) groups is 1. The molecule has 0 bridgehead atoms. The fraction of sp³-hybridized carbons (Fsp3) is 0.200. The predicted molar refractivity (Wildman–Crippen MR) is 83.4 cm³/mol. The van der Waals surface area contributed by atoms with Crippen molar-refractivity contribution in [2.75, 3.05) is 5.73 Å². The molecular formula is C15H16BrN3O. The van der Waals surface area contributed by atoms with Gasteiger partial charge in [0.2, 0.25) is 0 Å². The van der Waals surface area contributed by atoms with Crippen molar-refractivity contribution in [3.63, 3.8) is 0 Å². The van der Waals surface area contributed by atoms with Crippen LogP contribution < -0.4 is 11.1 Å². The van der Waals surface area contributed by atoms with Gasteiger partial charge in [0, 0.05) is 4.47 Å². The van der Waals surface area contributed by atoms with Crippen molar-refractivity contribution < 1.29 is 4.79 Å². The molecule has 3 N–H and O–H groups in total. The first-order valence-corrected chi connectivity index (χ1v) is 7.05. The summed E-state index contributed by atoms with van der Waals surface area (Å²) in [5, 5.41) is 2.95. The van der Waals surface area contributed by atoms with Crippen molar-refractivity contribution in [2.24, 2.45) is 0 Å². The zero-order valence-corrected chi connectivity index (χ0v) is 12.9. The Morgan fingerprint density at radius 2 is 2.15 bits per heavy atom. The van der Waals surface area contributed by atoms with E-state index in [9.17, 15) is 4.79 Å². The van der Waals surface area contributed by atoms with Gasteiger partial charge in [0.15, 0.2) is 0 Å². The van der Waals surface area contributed by atoms with Gasteiger partial charge in [-0.15, -0.1) is 0 Å². The summed E-state index contributed by atoms with van der Waals surface area (Å²) in [7, 11) is 0. The Balaban J connectivity index is 2.17. The quantitative estimate of drug-likeness (QED) is 0.906. The highest BCUT2D eigenvalue weighted by Crippen LogP contribution is 2.19. The molecule has 4 nitrogen and oxygen atoms in total. The minimum absolute atomic E-state index is 0.0965. The maximum Gasteiger partial charge on any atom is 0.253 e. The van der Waals surface area contributed by atoms with Crippen molar-refractivity contribution in [2.45, 2.75) is 19.9 Å². The summed E-state index contributed by atoms with van der Waals surface area (Å²) in [6.45, 7) is 3.73. The molecule has 2 rings (SSSR count). The molecular weight excluding hydrogens is 318 g/mol. The first kappa shape index (κ1) is 14.5. The number of nitrogens with one attached hydrogen (secondary N) is 1. The fourth-order valence-corrected chi connectivity index (χ4v) is 2.33. The van der Waals surface area contributed by atoms with Crippen LogP contribution in [0.4, 0.5) is 5.69 Å². The minimum atomic E-state index is -0.172. The van der Waals surface area contributed by atoms with E-state index in [-0.39, 0.29) is 11.9 Å². The average molecular weight is 334 g/mol. The fourth-order valence-electron chi connectivity index (χ4n) is 1.91. The summed E-state index contributed by atoms with van der Waals surface area (Å²) in [6, 6.07) is 9.39. The summed E-state index contributed by atoms with van der Waals surface area (Å²) in [5.74, 6) is -0.172. The lowest BCUT2D eigenvalue weighted by Gasteiger charge is -2.15. The van der Waals surface area contributed by atoms with Gasteiger partial charge in [-0.1, -0.05) is 28.1 Å². The van der Waals surface area contributed by atoms with E-state index in [2.05, 4.69) is 26.2 Å². The lowest BCUT2D eigenvalue weighted by atomic mass is 10.1. The Kier molecular flexibility index (Phi) is 4.39. The number of halogens is 1. The number of nitrogen functional groups attached to an aromatic ring is 1. The molecule has 0 fully saturated rings. The highest BCUT2D eigenvalue weighted by molar-refractivity contribution is 9.10. The molecule has 1 heterocycles. The summed E-state index contributed by atoms with van der Waals surface area (Å²) < 4.78 is 0.984. The molecule has 1 unspecified atom stereocenters. The highest BCUT2D eigenvalue weighted by Gasteiger charge is 2.14. The Labute approximate surface area is 126 Å². The first-order valence-electron chi connectivity index (χ1n) is 6.26. The largest absolute Gasteiger partial charge is 0.397 e. The van der Waals surface area contributed by atoms with E-state index in [0.717, 1.165) is 10.0 Å². The Morgan fingerprint density at radius 3 is 2.85 bits per heavy atom. The smallest absolute Gasteiger partial charge is 0.253 e. The Bertz CT molecular complexity index is 643. The van der Waals surface area contributed by atoms with Gasteiger partial charge in [-0.2, -0.15) is 0 Å². The third-order valence-electron chi connectivity index (χ3n) is 3.05. The molecule has 1 aromatic carbocycles. The topological polar surface area (TPSA) is 68.0 Å². The summed E-state index contributed by atoms with van der Waals surface area (Å²) in [6.07, 6.45) is 1.55. The van der Waals surface area contributed by atoms with Crippen LogP contribution in [0.5, 0.6) is 0 Å². The lowest BCUT2D eigenvalue weighted by molar-refractivity contribution is 0.0939. The molecule has 0 saturated heterocycles.